The van der Waals surface area contributed by atoms with Crippen LogP contribution in [0.5, 0.6) is 0 Å². The predicted octanol–water partition coefficient (Wildman–Crippen LogP) is 1.81. The van der Waals surface area contributed by atoms with E-state index in [2.05, 4.69) is 35.6 Å². The fourth-order valence-corrected chi connectivity index (χ4v) is 1.92. The lowest BCUT2D eigenvalue weighted by Gasteiger charge is -2.17. The molecule has 1 heterocycles. The highest BCUT2D eigenvalue weighted by Gasteiger charge is 2.09. The Morgan fingerprint density at radius 1 is 1.62 bits per heavy atom. The van der Waals surface area contributed by atoms with Crippen molar-refractivity contribution in [3.05, 3.63) is 18.0 Å². The Morgan fingerprint density at radius 2 is 2.38 bits per heavy atom. The van der Waals surface area contributed by atoms with Crippen molar-refractivity contribution in [3.8, 4) is 0 Å². The van der Waals surface area contributed by atoms with Crippen molar-refractivity contribution in [1.29, 1.82) is 0 Å². The Labute approximate surface area is 83.7 Å². The van der Waals surface area contributed by atoms with Gasteiger partial charge in [-0.2, -0.15) is 16.9 Å². The Bertz CT molecular complexity index is 223. The van der Waals surface area contributed by atoms with Gasteiger partial charge in [-0.15, -0.1) is 0 Å². The molecule has 0 aromatic carbocycles. The molecular formula is C9H17N3S. The van der Waals surface area contributed by atoms with Crippen LogP contribution >= 0.6 is 11.8 Å². The first-order chi connectivity index (χ1) is 6.24. The van der Waals surface area contributed by atoms with Gasteiger partial charge in [0.25, 0.3) is 0 Å². The number of aromatic nitrogens is 2. The van der Waals surface area contributed by atoms with Crippen molar-refractivity contribution in [3.63, 3.8) is 0 Å². The van der Waals surface area contributed by atoms with Crippen molar-refractivity contribution in [2.24, 2.45) is 0 Å². The number of hydrogen-bond donors (Lipinski definition) is 2. The van der Waals surface area contributed by atoms with Gasteiger partial charge in [0.15, 0.2) is 0 Å². The van der Waals surface area contributed by atoms with Crippen molar-refractivity contribution < 1.29 is 0 Å². The summed E-state index contributed by atoms with van der Waals surface area (Å²) in [6.07, 6.45) is 3.91. The largest absolute Gasteiger partial charge is 0.306 e. The summed E-state index contributed by atoms with van der Waals surface area (Å²) in [5, 5.41) is 10.4. The zero-order chi connectivity index (χ0) is 9.68. The van der Waals surface area contributed by atoms with E-state index in [1.165, 1.54) is 0 Å². The molecule has 0 aliphatic heterocycles. The Hall–Kier alpha value is -0.480. The first-order valence-electron chi connectivity index (χ1n) is 4.48. The van der Waals surface area contributed by atoms with Crippen LogP contribution < -0.4 is 5.32 Å². The minimum absolute atomic E-state index is 0.352. The second kappa shape index (κ2) is 5.29. The SMILES string of the molecule is CSCC(C)NC(C)c1ccn[nH]1. The van der Waals surface area contributed by atoms with E-state index in [1.807, 2.05) is 17.8 Å². The summed E-state index contributed by atoms with van der Waals surface area (Å²) in [7, 11) is 0. The third-order valence-electron chi connectivity index (χ3n) is 1.94. The molecule has 2 N–H and O–H groups in total. The van der Waals surface area contributed by atoms with Crippen LogP contribution in [0.25, 0.3) is 0 Å². The number of nitrogens with zero attached hydrogens (tertiary/aromatic N) is 1. The van der Waals surface area contributed by atoms with Gasteiger partial charge >= 0.3 is 0 Å². The topological polar surface area (TPSA) is 40.7 Å². The first-order valence-corrected chi connectivity index (χ1v) is 5.87. The van der Waals surface area contributed by atoms with Gasteiger partial charge in [-0.3, -0.25) is 5.10 Å². The second-order valence-corrected chi connectivity index (χ2v) is 4.17. The minimum atomic E-state index is 0.352. The quantitative estimate of drug-likeness (QED) is 0.760. The van der Waals surface area contributed by atoms with Crippen LogP contribution in [0.1, 0.15) is 25.6 Å². The van der Waals surface area contributed by atoms with Gasteiger partial charge in [-0.25, -0.2) is 0 Å². The number of H-pyrrole nitrogens is 1. The maximum absolute atomic E-state index is 3.93. The Morgan fingerprint density at radius 3 is 2.92 bits per heavy atom. The van der Waals surface area contributed by atoms with Gasteiger partial charge in [0.1, 0.15) is 0 Å². The molecule has 3 nitrogen and oxygen atoms in total. The summed E-state index contributed by atoms with van der Waals surface area (Å²) in [6.45, 7) is 4.34. The average Bonchev–Trinajstić information content (AvgIpc) is 2.55. The zero-order valence-electron chi connectivity index (χ0n) is 8.37. The van der Waals surface area contributed by atoms with E-state index < -0.39 is 0 Å². The maximum atomic E-state index is 3.93. The van der Waals surface area contributed by atoms with E-state index in [9.17, 15) is 0 Å². The van der Waals surface area contributed by atoms with Gasteiger partial charge in [-0.1, -0.05) is 0 Å². The molecule has 1 aromatic heterocycles. The maximum Gasteiger partial charge on any atom is 0.0518 e. The van der Waals surface area contributed by atoms with Crippen LogP contribution in [0.4, 0.5) is 0 Å². The third kappa shape index (κ3) is 3.40. The van der Waals surface area contributed by atoms with Crippen LogP contribution in [-0.4, -0.2) is 28.2 Å². The van der Waals surface area contributed by atoms with Crippen LogP contribution in [0.15, 0.2) is 12.3 Å². The smallest absolute Gasteiger partial charge is 0.0518 e. The molecule has 74 valence electrons. The number of aromatic amines is 1. The van der Waals surface area contributed by atoms with Crippen LogP contribution in [0, 0.1) is 0 Å². The summed E-state index contributed by atoms with van der Waals surface area (Å²) in [5.41, 5.74) is 1.15. The van der Waals surface area contributed by atoms with E-state index in [-0.39, 0.29) is 0 Å². The molecule has 0 spiro atoms. The predicted molar refractivity (Wildman–Crippen MR) is 58.0 cm³/mol. The molecule has 1 aromatic rings. The standard InChI is InChI=1S/C9H17N3S/c1-7(6-13-3)11-8(2)9-4-5-10-12-9/h4-5,7-8,11H,6H2,1-3H3,(H,10,12). The van der Waals surface area contributed by atoms with Gasteiger partial charge in [0.05, 0.1) is 5.69 Å². The number of thioether (sulfide) groups is 1. The normalized spacial score (nSPS) is 15.6. The molecule has 0 amide bonds. The van der Waals surface area contributed by atoms with Gasteiger partial charge in [0, 0.05) is 24.0 Å². The second-order valence-electron chi connectivity index (χ2n) is 3.26. The summed E-state index contributed by atoms with van der Waals surface area (Å²) in [6, 6.07) is 2.89. The van der Waals surface area contributed by atoms with Crippen LogP contribution in [-0.2, 0) is 0 Å². The summed E-state index contributed by atoms with van der Waals surface area (Å²) < 4.78 is 0. The lowest BCUT2D eigenvalue weighted by Crippen LogP contribution is -2.30. The highest BCUT2D eigenvalue weighted by atomic mass is 32.2. The molecular weight excluding hydrogens is 182 g/mol. The first kappa shape index (κ1) is 10.6. The molecule has 0 aliphatic carbocycles. The molecule has 0 radical (unpaired) electrons. The van der Waals surface area contributed by atoms with Gasteiger partial charge in [0.2, 0.25) is 0 Å². The van der Waals surface area contributed by atoms with E-state index in [0.717, 1.165) is 11.4 Å². The third-order valence-corrected chi connectivity index (χ3v) is 2.77. The van der Waals surface area contributed by atoms with Crippen molar-refractivity contribution in [2.75, 3.05) is 12.0 Å². The fourth-order valence-electron chi connectivity index (χ4n) is 1.32. The molecule has 0 aliphatic rings. The molecule has 0 bridgehead atoms. The number of hydrogen-bond acceptors (Lipinski definition) is 3. The van der Waals surface area contributed by atoms with Gasteiger partial charge in [-0.05, 0) is 26.2 Å². The van der Waals surface area contributed by atoms with Crippen LogP contribution in [0.2, 0.25) is 0 Å². The van der Waals surface area contributed by atoms with E-state index >= 15 is 0 Å². The molecule has 0 saturated carbocycles. The molecule has 2 unspecified atom stereocenters. The fraction of sp³-hybridized carbons (Fsp3) is 0.667. The highest BCUT2D eigenvalue weighted by Crippen LogP contribution is 2.09. The molecule has 2 atom stereocenters. The molecule has 1 rings (SSSR count). The molecule has 13 heavy (non-hydrogen) atoms. The van der Waals surface area contributed by atoms with E-state index in [0.29, 0.717) is 12.1 Å². The summed E-state index contributed by atoms with van der Waals surface area (Å²) >= 11 is 1.86. The zero-order valence-corrected chi connectivity index (χ0v) is 9.19. The van der Waals surface area contributed by atoms with Crippen molar-refractivity contribution in [2.45, 2.75) is 25.9 Å². The van der Waals surface area contributed by atoms with E-state index in [4.69, 9.17) is 0 Å². The lowest BCUT2D eigenvalue weighted by molar-refractivity contribution is 0.501. The molecule has 0 fully saturated rings. The number of rotatable bonds is 5. The highest BCUT2D eigenvalue weighted by molar-refractivity contribution is 7.98. The van der Waals surface area contributed by atoms with Crippen molar-refractivity contribution in [1.82, 2.24) is 15.5 Å². The summed E-state index contributed by atoms with van der Waals surface area (Å²) in [4.78, 5) is 0. The van der Waals surface area contributed by atoms with Gasteiger partial charge < -0.3 is 5.32 Å². The Balaban J connectivity index is 2.37. The average molecular weight is 199 g/mol. The Kier molecular flexibility index (Phi) is 4.32. The van der Waals surface area contributed by atoms with E-state index in [1.54, 1.807) is 6.20 Å². The monoisotopic (exact) mass is 199 g/mol. The van der Waals surface area contributed by atoms with Crippen molar-refractivity contribution >= 4 is 11.8 Å². The lowest BCUT2D eigenvalue weighted by atomic mass is 10.2. The molecule has 0 saturated heterocycles. The van der Waals surface area contributed by atoms with Crippen LogP contribution in [0.3, 0.4) is 0 Å². The minimum Gasteiger partial charge on any atom is -0.306 e. The number of nitrogens with one attached hydrogen (secondary N) is 2. The summed E-state index contributed by atoms with van der Waals surface area (Å²) in [5.74, 6) is 1.14. The molecule has 4 heteroatoms.